The van der Waals surface area contributed by atoms with Gasteiger partial charge in [-0.05, 0) is 52.7 Å². The van der Waals surface area contributed by atoms with E-state index in [9.17, 15) is 4.79 Å². The molecule has 3 rings (SSSR count). The average molecular weight is 349 g/mol. The maximum absolute atomic E-state index is 12.2. The van der Waals surface area contributed by atoms with Crippen LogP contribution in [0, 0.1) is 6.92 Å². The summed E-state index contributed by atoms with van der Waals surface area (Å²) >= 11 is 3.38. The Balaban J connectivity index is 1.80. The molecule has 0 atom stereocenters. The lowest BCUT2D eigenvalue weighted by Crippen LogP contribution is -2.17. The van der Waals surface area contributed by atoms with Crippen molar-refractivity contribution < 1.29 is 14.3 Å². The number of carbonyl (C=O) groups is 1. The Bertz CT molecular complexity index is 703. The van der Waals surface area contributed by atoms with Crippen molar-refractivity contribution in [3.8, 4) is 11.5 Å². The number of carbonyl (C=O) groups excluding carboxylic acids is 1. The van der Waals surface area contributed by atoms with Crippen LogP contribution in [0.1, 0.15) is 15.9 Å². The Labute approximate surface area is 130 Å². The Morgan fingerprint density at radius 3 is 2.76 bits per heavy atom. The van der Waals surface area contributed by atoms with Crippen LogP contribution in [0.2, 0.25) is 0 Å². The number of ether oxygens (including phenoxy) is 2. The molecule has 1 aromatic heterocycles. The second-order valence-electron chi connectivity index (χ2n) is 4.63. The summed E-state index contributed by atoms with van der Waals surface area (Å²) in [6, 6.07) is 6.92. The zero-order chi connectivity index (χ0) is 14.8. The number of nitrogens with zero attached hydrogens (tertiary/aromatic N) is 1. The number of aromatic nitrogens is 1. The highest BCUT2D eigenvalue weighted by Crippen LogP contribution is 2.31. The molecule has 2 aromatic rings. The van der Waals surface area contributed by atoms with Crippen molar-refractivity contribution in [2.75, 3.05) is 18.5 Å². The van der Waals surface area contributed by atoms with Gasteiger partial charge in [-0.2, -0.15) is 0 Å². The van der Waals surface area contributed by atoms with Crippen LogP contribution in [-0.4, -0.2) is 24.1 Å². The fraction of sp³-hybridized carbons (Fsp3) is 0.200. The predicted octanol–water partition coefficient (Wildman–Crippen LogP) is 3.18. The normalized spacial score (nSPS) is 12.9. The van der Waals surface area contributed by atoms with E-state index >= 15 is 0 Å². The van der Waals surface area contributed by atoms with Crippen LogP contribution in [0.4, 0.5) is 5.82 Å². The van der Waals surface area contributed by atoms with E-state index in [0.29, 0.717) is 36.1 Å². The highest BCUT2D eigenvalue weighted by molar-refractivity contribution is 9.10. The number of pyridine rings is 1. The molecule has 2 heterocycles. The van der Waals surface area contributed by atoms with E-state index in [2.05, 4.69) is 26.2 Å². The first-order chi connectivity index (χ1) is 10.1. The van der Waals surface area contributed by atoms with Gasteiger partial charge in [0.15, 0.2) is 11.5 Å². The third-order valence-corrected chi connectivity index (χ3v) is 3.92. The fourth-order valence-corrected chi connectivity index (χ4v) is 2.20. The molecule has 5 nitrogen and oxygen atoms in total. The van der Waals surface area contributed by atoms with Crippen molar-refractivity contribution in [2.24, 2.45) is 0 Å². The number of hydrogen-bond donors (Lipinski definition) is 1. The maximum atomic E-state index is 12.2. The number of nitrogens with one attached hydrogen (secondary N) is 1. The third kappa shape index (κ3) is 3.00. The minimum absolute atomic E-state index is 0.235. The van der Waals surface area contributed by atoms with E-state index < -0.39 is 0 Å². The smallest absolute Gasteiger partial charge is 0.256 e. The lowest BCUT2D eigenvalue weighted by Gasteiger charge is -2.18. The summed E-state index contributed by atoms with van der Waals surface area (Å²) < 4.78 is 11.8. The molecule has 0 bridgehead atoms. The van der Waals surface area contributed by atoms with Gasteiger partial charge in [0.1, 0.15) is 19.0 Å². The van der Waals surface area contributed by atoms with Gasteiger partial charge in [-0.15, -0.1) is 0 Å². The monoisotopic (exact) mass is 348 g/mol. The summed E-state index contributed by atoms with van der Waals surface area (Å²) in [5.74, 6) is 1.53. The number of halogens is 1. The molecule has 0 spiro atoms. The number of amides is 1. The molecule has 0 fully saturated rings. The molecule has 21 heavy (non-hydrogen) atoms. The Kier molecular flexibility index (Phi) is 3.79. The van der Waals surface area contributed by atoms with Gasteiger partial charge in [0.2, 0.25) is 0 Å². The van der Waals surface area contributed by atoms with E-state index in [4.69, 9.17) is 9.47 Å². The highest BCUT2D eigenvalue weighted by Gasteiger charge is 2.15. The van der Waals surface area contributed by atoms with E-state index in [1.165, 1.54) is 0 Å². The minimum Gasteiger partial charge on any atom is -0.486 e. The Hall–Kier alpha value is -2.08. The molecule has 0 aliphatic carbocycles. The summed E-state index contributed by atoms with van der Waals surface area (Å²) in [5.41, 5.74) is 1.50. The van der Waals surface area contributed by atoms with E-state index in [1.807, 2.05) is 6.92 Å². The molecular weight excluding hydrogens is 336 g/mol. The van der Waals surface area contributed by atoms with Crippen molar-refractivity contribution >= 4 is 27.7 Å². The molecule has 1 aliphatic heterocycles. The average Bonchev–Trinajstić information content (AvgIpc) is 2.50. The number of anilines is 1. The van der Waals surface area contributed by atoms with E-state index in [1.54, 1.807) is 30.5 Å². The SMILES string of the molecule is Cc1cc(NC(=O)c2ccc3c(c2)OCCO3)ncc1Br. The quantitative estimate of drug-likeness (QED) is 0.905. The van der Waals surface area contributed by atoms with Crippen LogP contribution < -0.4 is 14.8 Å². The van der Waals surface area contributed by atoms with Gasteiger partial charge >= 0.3 is 0 Å². The first kappa shape index (κ1) is 13.9. The molecule has 108 valence electrons. The summed E-state index contributed by atoms with van der Waals surface area (Å²) in [7, 11) is 0. The molecule has 1 amide bonds. The summed E-state index contributed by atoms with van der Waals surface area (Å²) in [6.45, 7) is 2.96. The third-order valence-electron chi connectivity index (χ3n) is 3.09. The van der Waals surface area contributed by atoms with Crippen LogP contribution in [0.5, 0.6) is 11.5 Å². The van der Waals surface area contributed by atoms with Crippen molar-refractivity contribution in [3.63, 3.8) is 0 Å². The van der Waals surface area contributed by atoms with Gasteiger partial charge in [0, 0.05) is 16.2 Å². The molecule has 1 N–H and O–H groups in total. The van der Waals surface area contributed by atoms with Crippen molar-refractivity contribution in [1.29, 1.82) is 0 Å². The van der Waals surface area contributed by atoms with Crippen molar-refractivity contribution in [2.45, 2.75) is 6.92 Å². The van der Waals surface area contributed by atoms with Crippen molar-refractivity contribution in [1.82, 2.24) is 4.98 Å². The minimum atomic E-state index is -0.235. The number of aryl methyl sites for hydroxylation is 1. The first-order valence-electron chi connectivity index (χ1n) is 6.46. The van der Waals surface area contributed by atoms with Crippen LogP contribution in [0.15, 0.2) is 34.9 Å². The lowest BCUT2D eigenvalue weighted by atomic mass is 10.2. The van der Waals surface area contributed by atoms with Crippen LogP contribution in [0.25, 0.3) is 0 Å². The molecule has 1 aliphatic rings. The predicted molar refractivity (Wildman–Crippen MR) is 82.1 cm³/mol. The molecule has 0 unspecified atom stereocenters. The molecule has 6 heteroatoms. The topological polar surface area (TPSA) is 60.5 Å². The standard InChI is InChI=1S/C15H13BrN2O3/c1-9-6-14(17-8-11(9)16)18-15(19)10-2-3-12-13(7-10)21-5-4-20-12/h2-3,6-8H,4-5H2,1H3,(H,17,18,19). The zero-order valence-corrected chi connectivity index (χ0v) is 12.9. The van der Waals surface area contributed by atoms with Crippen LogP contribution >= 0.6 is 15.9 Å². The number of hydrogen-bond acceptors (Lipinski definition) is 4. The molecule has 0 saturated heterocycles. The van der Waals surface area contributed by atoms with Gasteiger partial charge in [0.05, 0.1) is 0 Å². The van der Waals surface area contributed by atoms with E-state index in [-0.39, 0.29) is 5.91 Å². The number of rotatable bonds is 2. The number of benzene rings is 1. The Morgan fingerprint density at radius 2 is 2.00 bits per heavy atom. The Morgan fingerprint density at radius 1 is 1.24 bits per heavy atom. The van der Waals surface area contributed by atoms with Crippen molar-refractivity contribution in [3.05, 3.63) is 46.1 Å². The van der Waals surface area contributed by atoms with Gasteiger partial charge in [-0.25, -0.2) is 4.98 Å². The summed E-state index contributed by atoms with van der Waals surface area (Å²) in [5, 5.41) is 2.77. The van der Waals surface area contributed by atoms with Gasteiger partial charge in [0.25, 0.3) is 5.91 Å². The molecule has 0 saturated carbocycles. The van der Waals surface area contributed by atoms with Gasteiger partial charge in [-0.1, -0.05) is 0 Å². The summed E-state index contributed by atoms with van der Waals surface area (Å²) in [6.07, 6.45) is 1.66. The molecule has 0 radical (unpaired) electrons. The number of fused-ring (bicyclic) bond motifs is 1. The second-order valence-corrected chi connectivity index (χ2v) is 5.49. The van der Waals surface area contributed by atoms with Crippen LogP contribution in [-0.2, 0) is 0 Å². The summed E-state index contributed by atoms with van der Waals surface area (Å²) in [4.78, 5) is 16.4. The van der Waals surface area contributed by atoms with Crippen LogP contribution in [0.3, 0.4) is 0 Å². The fourth-order valence-electron chi connectivity index (χ4n) is 1.98. The largest absolute Gasteiger partial charge is 0.486 e. The highest BCUT2D eigenvalue weighted by atomic mass is 79.9. The lowest BCUT2D eigenvalue weighted by molar-refractivity contribution is 0.102. The van der Waals surface area contributed by atoms with Gasteiger partial charge < -0.3 is 14.8 Å². The second kappa shape index (κ2) is 5.73. The first-order valence-corrected chi connectivity index (χ1v) is 7.26. The maximum Gasteiger partial charge on any atom is 0.256 e. The molecular formula is C15H13BrN2O3. The molecule has 1 aromatic carbocycles. The van der Waals surface area contributed by atoms with E-state index in [0.717, 1.165) is 10.0 Å². The van der Waals surface area contributed by atoms with Gasteiger partial charge in [-0.3, -0.25) is 4.79 Å². The zero-order valence-electron chi connectivity index (χ0n) is 11.4.